The lowest BCUT2D eigenvalue weighted by Crippen LogP contribution is -2.29. The molecule has 1 heterocycles. The zero-order valence-corrected chi connectivity index (χ0v) is 13.4. The Hall–Kier alpha value is -0.900. The number of likely N-dealkylation sites (tertiary alicyclic amines) is 1. The summed E-state index contributed by atoms with van der Waals surface area (Å²) < 4.78 is 0. The van der Waals surface area contributed by atoms with Gasteiger partial charge >= 0.3 is 0 Å². The van der Waals surface area contributed by atoms with Crippen molar-refractivity contribution in [2.24, 2.45) is 0 Å². The van der Waals surface area contributed by atoms with Crippen LogP contribution < -0.4 is 0 Å². The van der Waals surface area contributed by atoms with E-state index in [0.717, 1.165) is 32.4 Å². The number of aryl methyl sites for hydroxylation is 1. The summed E-state index contributed by atoms with van der Waals surface area (Å²) in [7, 11) is 0. The summed E-state index contributed by atoms with van der Waals surface area (Å²) in [5.41, 5.74) is 2.03. The van der Waals surface area contributed by atoms with Gasteiger partial charge in [-0.15, -0.1) is 0 Å². The van der Waals surface area contributed by atoms with E-state index >= 15 is 0 Å². The first-order chi connectivity index (χ1) is 9.98. The van der Waals surface area contributed by atoms with E-state index in [9.17, 15) is 5.11 Å². The first-order valence-corrected chi connectivity index (χ1v) is 8.13. The van der Waals surface area contributed by atoms with Crippen LogP contribution in [0.2, 0.25) is 0 Å². The van der Waals surface area contributed by atoms with Crippen LogP contribution in [-0.4, -0.2) is 39.9 Å². The highest BCUT2D eigenvalue weighted by atomic mass is 16.3. The number of aliphatic hydroxyl groups is 2. The Bertz CT molecular complexity index is 422. The molecular weight excluding hydrogens is 262 g/mol. The SMILES string of the molecule is CC(C)(O)CCc1ccc(CN2CCC[C@@H]2CCO)cc1. The fourth-order valence-corrected chi connectivity index (χ4v) is 3.08. The monoisotopic (exact) mass is 291 g/mol. The summed E-state index contributed by atoms with van der Waals surface area (Å²) in [6.07, 6.45) is 5.06. The van der Waals surface area contributed by atoms with Gasteiger partial charge < -0.3 is 10.2 Å². The Morgan fingerprint density at radius 2 is 1.86 bits per heavy atom. The average molecular weight is 291 g/mol. The number of hydrogen-bond donors (Lipinski definition) is 2. The molecule has 1 aromatic rings. The number of rotatable bonds is 7. The fourth-order valence-electron chi connectivity index (χ4n) is 3.08. The van der Waals surface area contributed by atoms with Gasteiger partial charge in [-0.05, 0) is 63.6 Å². The Balaban J connectivity index is 1.87. The number of hydrogen-bond acceptors (Lipinski definition) is 3. The molecule has 0 unspecified atom stereocenters. The van der Waals surface area contributed by atoms with Crippen LogP contribution in [-0.2, 0) is 13.0 Å². The molecule has 0 radical (unpaired) electrons. The van der Waals surface area contributed by atoms with Gasteiger partial charge in [0.05, 0.1) is 5.60 Å². The van der Waals surface area contributed by atoms with Gasteiger partial charge in [0.25, 0.3) is 0 Å². The minimum atomic E-state index is -0.592. The molecule has 1 aliphatic heterocycles. The fraction of sp³-hybridized carbons (Fsp3) is 0.667. The van der Waals surface area contributed by atoms with Crippen LogP contribution in [0.25, 0.3) is 0 Å². The maximum atomic E-state index is 9.78. The lowest BCUT2D eigenvalue weighted by atomic mass is 9.98. The third kappa shape index (κ3) is 5.42. The summed E-state index contributed by atoms with van der Waals surface area (Å²) in [6.45, 7) is 6.13. The molecule has 0 aliphatic carbocycles. The quantitative estimate of drug-likeness (QED) is 0.812. The van der Waals surface area contributed by atoms with Crippen molar-refractivity contribution >= 4 is 0 Å². The zero-order chi connectivity index (χ0) is 15.3. The third-order valence-electron chi connectivity index (χ3n) is 4.40. The van der Waals surface area contributed by atoms with E-state index in [1.54, 1.807) is 0 Å². The largest absolute Gasteiger partial charge is 0.396 e. The summed E-state index contributed by atoms with van der Waals surface area (Å²) in [5, 5.41) is 18.9. The average Bonchev–Trinajstić information content (AvgIpc) is 2.85. The normalized spacial score (nSPS) is 20.1. The highest BCUT2D eigenvalue weighted by molar-refractivity contribution is 5.23. The maximum absolute atomic E-state index is 9.78. The molecule has 21 heavy (non-hydrogen) atoms. The molecule has 0 bridgehead atoms. The molecular formula is C18H29NO2. The molecule has 0 aromatic heterocycles. The van der Waals surface area contributed by atoms with Gasteiger partial charge in [-0.25, -0.2) is 0 Å². The third-order valence-corrected chi connectivity index (χ3v) is 4.40. The Morgan fingerprint density at radius 3 is 2.48 bits per heavy atom. The van der Waals surface area contributed by atoms with Crippen LogP contribution in [0.1, 0.15) is 50.7 Å². The molecule has 1 atom stereocenters. The lowest BCUT2D eigenvalue weighted by molar-refractivity contribution is 0.0714. The molecule has 0 saturated carbocycles. The van der Waals surface area contributed by atoms with Gasteiger partial charge in [0.1, 0.15) is 0 Å². The van der Waals surface area contributed by atoms with Crippen LogP contribution in [0.4, 0.5) is 0 Å². The lowest BCUT2D eigenvalue weighted by Gasteiger charge is -2.24. The minimum absolute atomic E-state index is 0.289. The van der Waals surface area contributed by atoms with Crippen molar-refractivity contribution in [3.63, 3.8) is 0 Å². The first kappa shape index (κ1) is 16.5. The Kier molecular flexibility index (Phi) is 5.80. The predicted molar refractivity (Wildman–Crippen MR) is 86.2 cm³/mol. The first-order valence-electron chi connectivity index (χ1n) is 8.13. The van der Waals surface area contributed by atoms with Crippen LogP contribution in [0.5, 0.6) is 0 Å². The Labute approximate surface area is 128 Å². The van der Waals surface area contributed by atoms with Crippen LogP contribution in [0.15, 0.2) is 24.3 Å². The van der Waals surface area contributed by atoms with Crippen LogP contribution >= 0.6 is 0 Å². The summed E-state index contributed by atoms with van der Waals surface area (Å²) in [4.78, 5) is 2.49. The van der Waals surface area contributed by atoms with E-state index in [-0.39, 0.29) is 6.61 Å². The molecule has 0 spiro atoms. The molecule has 3 heteroatoms. The van der Waals surface area contributed by atoms with Gasteiger partial charge in [-0.2, -0.15) is 0 Å². The second kappa shape index (κ2) is 7.39. The van der Waals surface area contributed by atoms with E-state index in [1.165, 1.54) is 24.0 Å². The molecule has 1 aliphatic rings. The minimum Gasteiger partial charge on any atom is -0.396 e. The van der Waals surface area contributed by atoms with Gasteiger partial charge in [0.2, 0.25) is 0 Å². The van der Waals surface area contributed by atoms with Gasteiger partial charge in [0.15, 0.2) is 0 Å². The van der Waals surface area contributed by atoms with Gasteiger partial charge in [-0.3, -0.25) is 4.90 Å². The zero-order valence-electron chi connectivity index (χ0n) is 13.4. The van der Waals surface area contributed by atoms with Crippen molar-refractivity contribution in [1.29, 1.82) is 0 Å². The van der Waals surface area contributed by atoms with Gasteiger partial charge in [0, 0.05) is 19.2 Å². The van der Waals surface area contributed by atoms with E-state index in [4.69, 9.17) is 5.11 Å². The molecule has 118 valence electrons. The summed E-state index contributed by atoms with van der Waals surface area (Å²) >= 11 is 0. The smallest absolute Gasteiger partial charge is 0.0594 e. The van der Waals surface area contributed by atoms with Crippen molar-refractivity contribution in [1.82, 2.24) is 4.90 Å². The second-order valence-corrected chi connectivity index (χ2v) is 6.91. The molecule has 1 saturated heterocycles. The number of benzene rings is 1. The standard InChI is InChI=1S/C18H29NO2/c1-18(2,21)11-9-15-5-7-16(8-6-15)14-19-12-3-4-17(19)10-13-20/h5-8,17,20-21H,3-4,9-14H2,1-2H3/t17-/m1/s1. The molecule has 2 rings (SSSR count). The summed E-state index contributed by atoms with van der Waals surface area (Å²) in [6, 6.07) is 9.31. The molecule has 1 fully saturated rings. The van der Waals surface area contributed by atoms with E-state index in [2.05, 4.69) is 29.2 Å². The predicted octanol–water partition coefficient (Wildman–Crippen LogP) is 2.74. The van der Waals surface area contributed by atoms with E-state index < -0.39 is 5.60 Å². The number of nitrogens with zero attached hydrogens (tertiary/aromatic N) is 1. The molecule has 2 N–H and O–H groups in total. The topological polar surface area (TPSA) is 43.7 Å². The van der Waals surface area contributed by atoms with Gasteiger partial charge in [-0.1, -0.05) is 24.3 Å². The van der Waals surface area contributed by atoms with E-state index in [0.29, 0.717) is 6.04 Å². The highest BCUT2D eigenvalue weighted by Crippen LogP contribution is 2.22. The van der Waals surface area contributed by atoms with Crippen LogP contribution in [0, 0.1) is 0 Å². The Morgan fingerprint density at radius 1 is 1.19 bits per heavy atom. The molecule has 0 amide bonds. The van der Waals surface area contributed by atoms with Crippen molar-refractivity contribution < 1.29 is 10.2 Å². The van der Waals surface area contributed by atoms with E-state index in [1.807, 2.05) is 13.8 Å². The van der Waals surface area contributed by atoms with Crippen LogP contribution in [0.3, 0.4) is 0 Å². The second-order valence-electron chi connectivity index (χ2n) is 6.91. The summed E-state index contributed by atoms with van der Waals surface area (Å²) in [5.74, 6) is 0. The highest BCUT2D eigenvalue weighted by Gasteiger charge is 2.23. The van der Waals surface area contributed by atoms with Crippen molar-refractivity contribution in [3.8, 4) is 0 Å². The van der Waals surface area contributed by atoms with Crippen molar-refractivity contribution in [2.75, 3.05) is 13.2 Å². The molecule has 1 aromatic carbocycles. The van der Waals surface area contributed by atoms with Crippen molar-refractivity contribution in [3.05, 3.63) is 35.4 Å². The van der Waals surface area contributed by atoms with Crippen molar-refractivity contribution in [2.45, 2.75) is 64.1 Å². The molecule has 3 nitrogen and oxygen atoms in total. The number of aliphatic hydroxyl groups excluding tert-OH is 1. The maximum Gasteiger partial charge on any atom is 0.0594 e.